The monoisotopic (exact) mass is 341 g/mol. The van der Waals surface area contributed by atoms with E-state index in [1.165, 1.54) is 36.4 Å². The molecule has 0 saturated heterocycles. The van der Waals surface area contributed by atoms with Crippen molar-refractivity contribution in [2.75, 3.05) is 4.72 Å². The van der Waals surface area contributed by atoms with Crippen molar-refractivity contribution in [3.63, 3.8) is 0 Å². The molecular weight excluding hydrogens is 330 g/mol. The van der Waals surface area contributed by atoms with E-state index < -0.39 is 21.7 Å². The van der Waals surface area contributed by atoms with Crippen LogP contribution < -0.4 is 4.72 Å². The second-order valence-electron chi connectivity index (χ2n) is 4.46. The molecule has 0 fully saturated rings. The topological polar surface area (TPSA) is 104 Å². The summed E-state index contributed by atoms with van der Waals surface area (Å²) in [5.41, 5.74) is 0.640. The molecule has 2 rings (SSSR count). The van der Waals surface area contributed by atoms with Gasteiger partial charge in [-0.3, -0.25) is 9.52 Å². The quantitative estimate of drug-likeness (QED) is 0.775. The summed E-state index contributed by atoms with van der Waals surface area (Å²) in [4.78, 5) is 10.3. The van der Waals surface area contributed by atoms with Crippen molar-refractivity contribution in [3.8, 4) is 5.75 Å². The molecule has 0 aliphatic heterocycles. The predicted molar refractivity (Wildman–Crippen MR) is 81.7 cm³/mol. The molecule has 2 aromatic carbocycles. The number of para-hydroxylation sites is 1. The Morgan fingerprint density at radius 3 is 2.55 bits per heavy atom. The van der Waals surface area contributed by atoms with Gasteiger partial charge in [-0.15, -0.1) is 0 Å². The zero-order valence-electron chi connectivity index (χ0n) is 11.2. The number of hydrogen-bond acceptors (Lipinski definition) is 4. The molecule has 0 spiro atoms. The summed E-state index contributed by atoms with van der Waals surface area (Å²) in [7, 11) is -4.04. The molecule has 8 heteroatoms. The van der Waals surface area contributed by atoms with E-state index in [-0.39, 0.29) is 22.0 Å². The summed E-state index contributed by atoms with van der Waals surface area (Å²) in [6, 6.07) is 9.97. The molecular formula is C14H12ClNO5S. The van der Waals surface area contributed by atoms with Crippen LogP contribution in [0, 0.1) is 0 Å². The normalized spacial score (nSPS) is 11.1. The minimum Gasteiger partial charge on any atom is -0.505 e. The molecule has 0 aliphatic carbocycles. The Kier molecular flexibility index (Phi) is 4.58. The first kappa shape index (κ1) is 16.1. The fourth-order valence-corrected chi connectivity index (χ4v) is 3.24. The lowest BCUT2D eigenvalue weighted by atomic mass is 10.1. The average Bonchev–Trinajstić information content (AvgIpc) is 2.40. The summed E-state index contributed by atoms with van der Waals surface area (Å²) in [6.45, 7) is 0. The molecule has 0 amide bonds. The number of halogens is 1. The first-order valence-electron chi connectivity index (χ1n) is 6.10. The predicted octanol–water partition coefficient (Wildman–Crippen LogP) is 2.47. The van der Waals surface area contributed by atoms with E-state index in [0.717, 1.165) is 0 Å². The molecule has 0 atom stereocenters. The van der Waals surface area contributed by atoms with E-state index >= 15 is 0 Å². The minimum absolute atomic E-state index is 0.0810. The summed E-state index contributed by atoms with van der Waals surface area (Å²) in [5.74, 6) is -1.56. The largest absolute Gasteiger partial charge is 0.505 e. The van der Waals surface area contributed by atoms with Crippen molar-refractivity contribution >= 4 is 33.3 Å². The lowest BCUT2D eigenvalue weighted by Gasteiger charge is -2.11. The van der Waals surface area contributed by atoms with Gasteiger partial charge in [0.25, 0.3) is 10.0 Å². The van der Waals surface area contributed by atoms with Gasteiger partial charge in [0.1, 0.15) is 4.90 Å². The van der Waals surface area contributed by atoms with Crippen molar-refractivity contribution in [1.29, 1.82) is 0 Å². The van der Waals surface area contributed by atoms with Crippen LogP contribution in [-0.2, 0) is 21.2 Å². The molecule has 0 aliphatic rings. The second-order valence-corrected chi connectivity index (χ2v) is 6.52. The molecule has 0 bridgehead atoms. The Morgan fingerprint density at radius 2 is 1.86 bits per heavy atom. The zero-order valence-corrected chi connectivity index (χ0v) is 12.7. The van der Waals surface area contributed by atoms with Gasteiger partial charge in [0.2, 0.25) is 0 Å². The molecule has 6 nitrogen and oxygen atoms in total. The van der Waals surface area contributed by atoms with Crippen LogP contribution >= 0.6 is 11.6 Å². The number of phenolic OH excluding ortho intramolecular Hbond substituents is 1. The Bertz CT molecular complexity index is 820. The summed E-state index contributed by atoms with van der Waals surface area (Å²) < 4.78 is 26.8. The molecule has 0 unspecified atom stereocenters. The third kappa shape index (κ3) is 3.69. The lowest BCUT2D eigenvalue weighted by molar-refractivity contribution is -0.136. The number of carboxylic acid groups (broad SMARTS) is 1. The summed E-state index contributed by atoms with van der Waals surface area (Å²) >= 11 is 5.70. The van der Waals surface area contributed by atoms with Crippen LogP contribution in [0.5, 0.6) is 5.75 Å². The summed E-state index contributed by atoms with van der Waals surface area (Å²) in [5, 5.41) is 18.4. The van der Waals surface area contributed by atoms with Crippen molar-refractivity contribution < 1.29 is 23.4 Å². The maximum atomic E-state index is 12.3. The van der Waals surface area contributed by atoms with Crippen LogP contribution in [0.4, 0.5) is 5.69 Å². The first-order chi connectivity index (χ1) is 10.3. The molecule has 0 heterocycles. The zero-order chi connectivity index (χ0) is 16.3. The number of hydrogen-bond donors (Lipinski definition) is 3. The molecule has 2 aromatic rings. The van der Waals surface area contributed by atoms with Crippen molar-refractivity contribution in [2.24, 2.45) is 0 Å². The SMILES string of the molecule is O=C(O)Cc1cccc(NS(=O)(=O)c2cccc(Cl)c2O)c1. The molecule has 3 N–H and O–H groups in total. The Hall–Kier alpha value is -2.25. The van der Waals surface area contributed by atoms with Crippen LogP contribution in [0.3, 0.4) is 0 Å². The maximum absolute atomic E-state index is 12.3. The van der Waals surface area contributed by atoms with E-state index in [0.29, 0.717) is 5.56 Å². The van der Waals surface area contributed by atoms with E-state index in [9.17, 15) is 18.3 Å². The lowest BCUT2D eigenvalue weighted by Crippen LogP contribution is -2.13. The van der Waals surface area contributed by atoms with E-state index in [1.54, 1.807) is 6.07 Å². The van der Waals surface area contributed by atoms with E-state index in [4.69, 9.17) is 16.7 Å². The van der Waals surface area contributed by atoms with Gasteiger partial charge in [-0.05, 0) is 29.8 Å². The number of nitrogens with one attached hydrogen (secondary N) is 1. The van der Waals surface area contributed by atoms with Gasteiger partial charge in [-0.2, -0.15) is 0 Å². The number of carbonyl (C=O) groups is 1. The van der Waals surface area contributed by atoms with Gasteiger partial charge in [0.15, 0.2) is 5.75 Å². The Labute approximate surface area is 132 Å². The Balaban J connectivity index is 2.33. The molecule has 22 heavy (non-hydrogen) atoms. The second kappa shape index (κ2) is 6.25. The smallest absolute Gasteiger partial charge is 0.307 e. The van der Waals surface area contributed by atoms with Crippen LogP contribution in [0.15, 0.2) is 47.4 Å². The van der Waals surface area contributed by atoms with Crippen LogP contribution in [0.1, 0.15) is 5.56 Å². The first-order valence-corrected chi connectivity index (χ1v) is 7.97. The van der Waals surface area contributed by atoms with Crippen LogP contribution in [0.2, 0.25) is 5.02 Å². The van der Waals surface area contributed by atoms with E-state index in [1.807, 2.05) is 0 Å². The number of rotatable bonds is 5. The summed E-state index contributed by atoms with van der Waals surface area (Å²) in [6.07, 6.45) is -0.224. The third-order valence-electron chi connectivity index (χ3n) is 2.77. The van der Waals surface area contributed by atoms with Gasteiger partial charge in [0, 0.05) is 5.69 Å². The average molecular weight is 342 g/mol. The number of aromatic hydroxyl groups is 1. The highest BCUT2D eigenvalue weighted by atomic mass is 35.5. The van der Waals surface area contributed by atoms with Gasteiger partial charge < -0.3 is 10.2 Å². The standard InChI is InChI=1S/C14H12ClNO5S/c15-11-5-2-6-12(14(11)19)22(20,21)16-10-4-1-3-9(7-10)8-13(17)18/h1-7,16,19H,8H2,(H,17,18). The molecule has 0 radical (unpaired) electrons. The van der Waals surface area contributed by atoms with Crippen molar-refractivity contribution in [2.45, 2.75) is 11.3 Å². The molecule has 116 valence electrons. The van der Waals surface area contributed by atoms with Gasteiger partial charge in [-0.1, -0.05) is 29.8 Å². The highest BCUT2D eigenvalue weighted by Gasteiger charge is 2.20. The minimum atomic E-state index is -4.04. The number of anilines is 1. The number of phenols is 1. The fourth-order valence-electron chi connectivity index (χ4n) is 1.84. The fraction of sp³-hybridized carbons (Fsp3) is 0.0714. The van der Waals surface area contributed by atoms with Gasteiger partial charge in [-0.25, -0.2) is 8.42 Å². The molecule has 0 aromatic heterocycles. The Morgan fingerprint density at radius 1 is 1.18 bits per heavy atom. The molecule has 0 saturated carbocycles. The van der Waals surface area contributed by atoms with Gasteiger partial charge >= 0.3 is 5.97 Å². The highest BCUT2D eigenvalue weighted by molar-refractivity contribution is 7.92. The highest BCUT2D eigenvalue weighted by Crippen LogP contribution is 2.31. The van der Waals surface area contributed by atoms with Crippen LogP contribution in [-0.4, -0.2) is 24.6 Å². The van der Waals surface area contributed by atoms with Gasteiger partial charge in [0.05, 0.1) is 11.4 Å². The third-order valence-corrected chi connectivity index (χ3v) is 4.49. The van der Waals surface area contributed by atoms with E-state index in [2.05, 4.69) is 4.72 Å². The number of sulfonamides is 1. The van der Waals surface area contributed by atoms with Crippen molar-refractivity contribution in [3.05, 3.63) is 53.1 Å². The number of carboxylic acids is 1. The number of benzene rings is 2. The maximum Gasteiger partial charge on any atom is 0.307 e. The number of aliphatic carboxylic acids is 1. The van der Waals surface area contributed by atoms with Crippen molar-refractivity contribution in [1.82, 2.24) is 0 Å². The van der Waals surface area contributed by atoms with Crippen LogP contribution in [0.25, 0.3) is 0 Å².